The van der Waals surface area contributed by atoms with Gasteiger partial charge in [0.05, 0.1) is 14.2 Å². The first-order valence-electron chi connectivity index (χ1n) is 10.1. The molecule has 4 aromatic carbocycles. The lowest BCUT2D eigenvalue weighted by Gasteiger charge is -2.15. The molecule has 32 heavy (non-hydrogen) atoms. The fraction of sp³-hybridized carbons (Fsp3) is 0.148. The molecule has 0 spiro atoms. The summed E-state index contributed by atoms with van der Waals surface area (Å²) in [6.45, 7) is 2.86. The number of Topliss-reactive ketones (excluding diaryl/α,β-unsaturated/α-hetero) is 2. The Labute approximate surface area is 185 Å². The Morgan fingerprint density at radius 3 is 1.34 bits per heavy atom. The monoisotopic (exact) mass is 426 g/mol. The lowest BCUT2D eigenvalue weighted by Crippen LogP contribution is -2.13. The maximum absolute atomic E-state index is 14.1. The number of hydrogen-bond acceptors (Lipinski definition) is 5. The molecule has 0 bridgehead atoms. The van der Waals surface area contributed by atoms with E-state index in [0.717, 1.165) is 10.8 Å². The van der Waals surface area contributed by atoms with Gasteiger partial charge in [0.2, 0.25) is 0 Å². The molecule has 0 aliphatic heterocycles. The van der Waals surface area contributed by atoms with Crippen molar-refractivity contribution in [2.24, 2.45) is 0 Å². The highest BCUT2D eigenvalue weighted by Gasteiger charge is 2.25. The second-order valence-electron chi connectivity index (χ2n) is 7.59. The van der Waals surface area contributed by atoms with E-state index in [1.165, 1.54) is 13.8 Å². The van der Waals surface area contributed by atoms with Gasteiger partial charge in [0.25, 0.3) is 0 Å². The van der Waals surface area contributed by atoms with Gasteiger partial charge in [-0.05, 0) is 71.8 Å². The van der Waals surface area contributed by atoms with Crippen LogP contribution in [0.2, 0.25) is 0 Å². The number of carbonyl (C=O) groups excluding carboxylic acids is 3. The van der Waals surface area contributed by atoms with E-state index in [2.05, 4.69) is 0 Å². The average Bonchev–Trinajstić information content (AvgIpc) is 2.80. The van der Waals surface area contributed by atoms with Gasteiger partial charge in [-0.1, -0.05) is 24.3 Å². The SMILES string of the molecule is COc1ccc2c(C(=O)c3c(C(C)=O)ccc4cc(OC)ccc34)c(C(C)=O)ccc2c1. The molecule has 4 rings (SSSR count). The first kappa shape index (κ1) is 21.2. The quantitative estimate of drug-likeness (QED) is 0.373. The highest BCUT2D eigenvalue weighted by atomic mass is 16.5. The number of carbonyl (C=O) groups is 3. The highest BCUT2D eigenvalue weighted by molar-refractivity contribution is 6.28. The molecule has 0 heterocycles. The molecule has 0 aliphatic rings. The second-order valence-corrected chi connectivity index (χ2v) is 7.59. The van der Waals surface area contributed by atoms with Gasteiger partial charge in [0.15, 0.2) is 17.3 Å². The molecule has 0 atom stereocenters. The van der Waals surface area contributed by atoms with E-state index in [4.69, 9.17) is 9.47 Å². The first-order valence-corrected chi connectivity index (χ1v) is 10.1. The van der Waals surface area contributed by atoms with Crippen LogP contribution in [0.15, 0.2) is 60.7 Å². The predicted octanol–water partition coefficient (Wildman–Crippen LogP) is 5.65. The molecule has 4 aromatic rings. The summed E-state index contributed by atoms with van der Waals surface area (Å²) >= 11 is 0. The van der Waals surface area contributed by atoms with Crippen molar-refractivity contribution in [3.8, 4) is 11.5 Å². The lowest BCUT2D eigenvalue weighted by atomic mass is 9.86. The molecule has 0 fully saturated rings. The highest BCUT2D eigenvalue weighted by Crippen LogP contribution is 2.33. The minimum atomic E-state index is -0.369. The number of ether oxygens (including phenoxy) is 2. The molecule has 0 unspecified atom stereocenters. The number of methoxy groups -OCH3 is 2. The zero-order valence-corrected chi connectivity index (χ0v) is 18.3. The third kappa shape index (κ3) is 3.52. The Bertz CT molecular complexity index is 1310. The molecule has 0 aromatic heterocycles. The molecule has 5 nitrogen and oxygen atoms in total. The van der Waals surface area contributed by atoms with Crippen LogP contribution in [0.1, 0.15) is 50.5 Å². The number of benzene rings is 4. The molecular weight excluding hydrogens is 404 g/mol. The van der Waals surface area contributed by atoms with Gasteiger partial charge in [0.1, 0.15) is 11.5 Å². The molecule has 160 valence electrons. The van der Waals surface area contributed by atoms with Crippen LogP contribution in [0.5, 0.6) is 11.5 Å². The van der Waals surface area contributed by atoms with E-state index in [0.29, 0.717) is 33.4 Å². The maximum atomic E-state index is 14.1. The van der Waals surface area contributed by atoms with Crippen molar-refractivity contribution >= 4 is 38.9 Å². The smallest absolute Gasteiger partial charge is 0.195 e. The zero-order chi connectivity index (χ0) is 23.0. The van der Waals surface area contributed by atoms with Crippen molar-refractivity contribution in [2.45, 2.75) is 13.8 Å². The van der Waals surface area contributed by atoms with Crippen LogP contribution in [0.3, 0.4) is 0 Å². The maximum Gasteiger partial charge on any atom is 0.195 e. The van der Waals surface area contributed by atoms with Gasteiger partial charge >= 0.3 is 0 Å². The Hall–Kier alpha value is -3.99. The largest absolute Gasteiger partial charge is 0.497 e. The van der Waals surface area contributed by atoms with Crippen molar-refractivity contribution in [1.82, 2.24) is 0 Å². The van der Waals surface area contributed by atoms with Crippen LogP contribution in [0.25, 0.3) is 21.5 Å². The minimum absolute atomic E-state index is 0.225. The first-order chi connectivity index (χ1) is 15.3. The summed E-state index contributed by atoms with van der Waals surface area (Å²) < 4.78 is 10.6. The van der Waals surface area contributed by atoms with Crippen molar-refractivity contribution in [2.75, 3.05) is 14.2 Å². The van der Waals surface area contributed by atoms with E-state index in [-0.39, 0.29) is 28.5 Å². The fourth-order valence-electron chi connectivity index (χ4n) is 4.07. The number of fused-ring (bicyclic) bond motifs is 2. The molecule has 0 amide bonds. The van der Waals surface area contributed by atoms with Crippen molar-refractivity contribution < 1.29 is 23.9 Å². The molecular formula is C27H22O5. The standard InChI is InChI=1S/C27H22O5/c1-15(28)21-9-5-17-13-19(31-3)7-11-23(17)25(21)27(30)26-22(16(2)29)10-6-18-14-20(32-4)8-12-24(18)26/h5-14H,1-4H3. The average molecular weight is 426 g/mol. The van der Waals surface area contributed by atoms with Gasteiger partial charge in [-0.15, -0.1) is 0 Å². The Balaban J connectivity index is 2.08. The van der Waals surface area contributed by atoms with Crippen LogP contribution in [0.4, 0.5) is 0 Å². The summed E-state index contributed by atoms with van der Waals surface area (Å²) in [5, 5.41) is 2.79. The van der Waals surface area contributed by atoms with E-state index in [1.54, 1.807) is 62.8 Å². The summed E-state index contributed by atoms with van der Waals surface area (Å²) in [5.41, 5.74) is 1.19. The Kier molecular flexibility index (Phi) is 5.49. The van der Waals surface area contributed by atoms with Crippen molar-refractivity contribution in [3.63, 3.8) is 0 Å². The van der Waals surface area contributed by atoms with Crippen molar-refractivity contribution in [1.29, 1.82) is 0 Å². The lowest BCUT2D eigenvalue weighted by molar-refractivity contribution is 0.0984. The van der Waals surface area contributed by atoms with Gasteiger partial charge in [-0.2, -0.15) is 0 Å². The number of ketones is 3. The van der Waals surface area contributed by atoms with E-state index < -0.39 is 0 Å². The molecule has 0 aliphatic carbocycles. The second kappa shape index (κ2) is 8.27. The predicted molar refractivity (Wildman–Crippen MR) is 124 cm³/mol. The summed E-state index contributed by atoms with van der Waals surface area (Å²) in [4.78, 5) is 39.0. The third-order valence-electron chi connectivity index (χ3n) is 5.67. The number of hydrogen-bond donors (Lipinski definition) is 0. The fourth-order valence-corrected chi connectivity index (χ4v) is 4.07. The summed E-state index contributed by atoms with van der Waals surface area (Å²) in [6.07, 6.45) is 0. The molecule has 0 N–H and O–H groups in total. The van der Waals surface area contributed by atoms with Crippen LogP contribution in [0, 0.1) is 0 Å². The van der Waals surface area contributed by atoms with Crippen LogP contribution >= 0.6 is 0 Å². The third-order valence-corrected chi connectivity index (χ3v) is 5.67. The molecule has 5 heteroatoms. The van der Waals surface area contributed by atoms with Crippen LogP contribution in [-0.2, 0) is 0 Å². The minimum Gasteiger partial charge on any atom is -0.497 e. The van der Waals surface area contributed by atoms with Crippen LogP contribution < -0.4 is 9.47 Å². The summed E-state index contributed by atoms with van der Waals surface area (Å²) in [6, 6.07) is 17.6. The van der Waals surface area contributed by atoms with Gasteiger partial charge < -0.3 is 9.47 Å². The molecule has 0 radical (unpaired) electrons. The normalized spacial score (nSPS) is 10.9. The van der Waals surface area contributed by atoms with Gasteiger partial charge in [-0.3, -0.25) is 14.4 Å². The van der Waals surface area contributed by atoms with E-state index >= 15 is 0 Å². The zero-order valence-electron chi connectivity index (χ0n) is 18.3. The summed E-state index contributed by atoms with van der Waals surface area (Å²) in [5.74, 6) is 0.475. The van der Waals surface area contributed by atoms with Gasteiger partial charge in [0, 0.05) is 22.3 Å². The van der Waals surface area contributed by atoms with E-state index in [9.17, 15) is 14.4 Å². The van der Waals surface area contributed by atoms with E-state index in [1.807, 2.05) is 12.1 Å². The topological polar surface area (TPSA) is 69.7 Å². The number of rotatable bonds is 6. The van der Waals surface area contributed by atoms with Gasteiger partial charge in [-0.25, -0.2) is 0 Å². The molecule has 0 saturated heterocycles. The van der Waals surface area contributed by atoms with Crippen molar-refractivity contribution in [3.05, 3.63) is 82.9 Å². The Morgan fingerprint density at radius 1 is 0.594 bits per heavy atom. The Morgan fingerprint density at radius 2 is 1.00 bits per heavy atom. The molecule has 0 saturated carbocycles. The van der Waals surface area contributed by atoms with Crippen LogP contribution in [-0.4, -0.2) is 31.6 Å². The summed E-state index contributed by atoms with van der Waals surface area (Å²) in [7, 11) is 3.14.